The lowest BCUT2D eigenvalue weighted by atomic mass is 9.75. The Labute approximate surface area is 187 Å². The zero-order valence-electron chi connectivity index (χ0n) is 18.6. The summed E-state index contributed by atoms with van der Waals surface area (Å²) in [6.45, 7) is 5.03. The molecule has 1 aliphatic rings. The summed E-state index contributed by atoms with van der Waals surface area (Å²) >= 11 is 0. The molecule has 0 saturated heterocycles. The number of rotatable bonds is 6. The van der Waals surface area contributed by atoms with Gasteiger partial charge < -0.3 is 15.8 Å². The van der Waals surface area contributed by atoms with Crippen LogP contribution in [-0.2, 0) is 11.2 Å². The van der Waals surface area contributed by atoms with Crippen molar-refractivity contribution < 1.29 is 14.3 Å². The van der Waals surface area contributed by atoms with Crippen molar-refractivity contribution in [3.8, 4) is 16.9 Å². The van der Waals surface area contributed by atoms with E-state index in [0.29, 0.717) is 54.2 Å². The molecule has 4 rings (SSSR count). The van der Waals surface area contributed by atoms with Crippen molar-refractivity contribution >= 4 is 17.4 Å². The van der Waals surface area contributed by atoms with Crippen molar-refractivity contribution in [3.63, 3.8) is 0 Å². The van der Waals surface area contributed by atoms with E-state index < -0.39 is 0 Å². The standard InChI is InChI=1S/C25H28N4O3/c1-25(2)14-20-22(21(30)15-25)23(16-7-5-4-6-8-16)28-29(20)19-10-9-17(13-18(19)26)24(31)27-11-12-32-3/h4-10,13H,11-12,14-15,26H2,1-3H3,(H,27,31). The minimum atomic E-state index is -0.218. The van der Waals surface area contributed by atoms with Crippen LogP contribution in [0.25, 0.3) is 16.9 Å². The molecule has 3 aromatic rings. The Hall–Kier alpha value is -3.45. The molecule has 0 unspecified atom stereocenters. The number of nitrogens with two attached hydrogens (primary N) is 1. The molecule has 0 saturated carbocycles. The van der Waals surface area contributed by atoms with Crippen molar-refractivity contribution in [1.29, 1.82) is 0 Å². The van der Waals surface area contributed by atoms with Crippen LogP contribution in [0.4, 0.5) is 5.69 Å². The number of methoxy groups -OCH3 is 1. The van der Waals surface area contributed by atoms with Crippen molar-refractivity contribution in [1.82, 2.24) is 15.1 Å². The maximum absolute atomic E-state index is 13.1. The maximum atomic E-state index is 13.1. The van der Waals surface area contributed by atoms with Gasteiger partial charge in [0, 0.05) is 31.2 Å². The summed E-state index contributed by atoms with van der Waals surface area (Å²) in [5, 5.41) is 7.63. The van der Waals surface area contributed by atoms with E-state index in [1.807, 2.05) is 30.3 Å². The number of ketones is 1. The molecule has 0 spiro atoms. The lowest BCUT2D eigenvalue weighted by molar-refractivity contribution is 0.0909. The van der Waals surface area contributed by atoms with Gasteiger partial charge in [-0.25, -0.2) is 4.68 Å². The fraction of sp³-hybridized carbons (Fsp3) is 0.320. The second kappa shape index (κ2) is 8.59. The number of carbonyl (C=O) groups excluding carboxylic acids is 2. The highest BCUT2D eigenvalue weighted by Gasteiger charge is 2.37. The molecule has 7 nitrogen and oxygen atoms in total. The fourth-order valence-corrected chi connectivity index (χ4v) is 4.20. The smallest absolute Gasteiger partial charge is 0.251 e. The first-order chi connectivity index (χ1) is 15.3. The highest BCUT2D eigenvalue weighted by Crippen LogP contribution is 2.40. The van der Waals surface area contributed by atoms with Gasteiger partial charge >= 0.3 is 0 Å². The van der Waals surface area contributed by atoms with Crippen LogP contribution in [0.2, 0.25) is 0 Å². The molecule has 1 amide bonds. The Morgan fingerprint density at radius 2 is 1.94 bits per heavy atom. The number of ether oxygens (including phenoxy) is 1. The fourth-order valence-electron chi connectivity index (χ4n) is 4.20. The number of hydrogen-bond acceptors (Lipinski definition) is 5. The van der Waals surface area contributed by atoms with E-state index in [2.05, 4.69) is 19.2 Å². The predicted octanol–water partition coefficient (Wildman–Crippen LogP) is 3.65. The predicted molar refractivity (Wildman–Crippen MR) is 124 cm³/mol. The molecular weight excluding hydrogens is 404 g/mol. The Morgan fingerprint density at radius 3 is 2.62 bits per heavy atom. The average Bonchev–Trinajstić information content (AvgIpc) is 3.12. The number of nitrogens with one attached hydrogen (secondary N) is 1. The summed E-state index contributed by atoms with van der Waals surface area (Å²) in [4.78, 5) is 25.5. The first kappa shape index (κ1) is 21.8. The maximum Gasteiger partial charge on any atom is 0.251 e. The number of aromatic nitrogens is 2. The number of amides is 1. The van der Waals surface area contributed by atoms with Gasteiger partial charge in [-0.3, -0.25) is 9.59 Å². The molecule has 166 valence electrons. The topological polar surface area (TPSA) is 99.2 Å². The van der Waals surface area contributed by atoms with Crippen LogP contribution in [0.1, 0.15) is 46.7 Å². The van der Waals surface area contributed by atoms with Gasteiger partial charge in [0.1, 0.15) is 5.69 Å². The van der Waals surface area contributed by atoms with Crippen LogP contribution in [0.3, 0.4) is 0 Å². The Balaban J connectivity index is 1.79. The number of anilines is 1. The summed E-state index contributed by atoms with van der Waals surface area (Å²) in [6.07, 6.45) is 1.17. The third-order valence-corrected chi connectivity index (χ3v) is 5.70. The number of Topliss-reactive ketones (excluding diaryl/α,β-unsaturated/α-hetero) is 1. The molecule has 1 heterocycles. The molecule has 1 aliphatic carbocycles. The quantitative estimate of drug-likeness (QED) is 0.458. The van der Waals surface area contributed by atoms with Crippen LogP contribution in [0, 0.1) is 5.41 Å². The van der Waals surface area contributed by atoms with E-state index in [1.54, 1.807) is 30.0 Å². The van der Waals surface area contributed by atoms with E-state index in [-0.39, 0.29) is 17.1 Å². The molecule has 7 heteroatoms. The third-order valence-electron chi connectivity index (χ3n) is 5.70. The number of nitrogens with zero attached hydrogens (tertiary/aromatic N) is 2. The number of nitrogen functional groups attached to an aromatic ring is 1. The zero-order valence-corrected chi connectivity index (χ0v) is 18.6. The summed E-state index contributed by atoms with van der Waals surface area (Å²) < 4.78 is 6.74. The third kappa shape index (κ3) is 4.16. The molecule has 0 aliphatic heterocycles. The van der Waals surface area contributed by atoms with Gasteiger partial charge in [0.15, 0.2) is 5.78 Å². The number of carbonyl (C=O) groups is 2. The number of hydrogen-bond donors (Lipinski definition) is 2. The second-order valence-corrected chi connectivity index (χ2v) is 8.91. The van der Waals surface area contributed by atoms with Gasteiger partial charge in [-0.05, 0) is 30.0 Å². The molecule has 0 radical (unpaired) electrons. The van der Waals surface area contributed by atoms with Crippen LogP contribution in [0.5, 0.6) is 0 Å². The largest absolute Gasteiger partial charge is 0.397 e. The molecular formula is C25H28N4O3. The number of fused-ring (bicyclic) bond motifs is 1. The Morgan fingerprint density at radius 1 is 1.19 bits per heavy atom. The van der Waals surface area contributed by atoms with Gasteiger partial charge in [0.25, 0.3) is 5.91 Å². The minimum Gasteiger partial charge on any atom is -0.397 e. The van der Waals surface area contributed by atoms with Crippen molar-refractivity contribution in [2.75, 3.05) is 26.0 Å². The second-order valence-electron chi connectivity index (χ2n) is 8.91. The molecule has 0 fully saturated rings. The SMILES string of the molecule is COCCNC(=O)c1ccc(-n2nc(-c3ccccc3)c3c2CC(C)(C)CC3=O)c(N)c1. The van der Waals surface area contributed by atoms with Crippen molar-refractivity contribution in [3.05, 3.63) is 65.4 Å². The van der Waals surface area contributed by atoms with Gasteiger partial charge in [-0.1, -0.05) is 44.2 Å². The average molecular weight is 433 g/mol. The van der Waals surface area contributed by atoms with Gasteiger partial charge in [0.2, 0.25) is 0 Å². The lowest BCUT2D eigenvalue weighted by Crippen LogP contribution is -2.28. The zero-order chi connectivity index (χ0) is 22.9. The van der Waals surface area contributed by atoms with Crippen LogP contribution in [-0.4, -0.2) is 41.7 Å². The molecule has 2 aromatic carbocycles. The van der Waals surface area contributed by atoms with Crippen LogP contribution in [0.15, 0.2) is 48.5 Å². The summed E-state index contributed by atoms with van der Waals surface area (Å²) in [5.74, 6) is -0.127. The summed E-state index contributed by atoms with van der Waals surface area (Å²) in [5.41, 5.74) is 10.8. The minimum absolute atomic E-state index is 0.0917. The highest BCUT2D eigenvalue weighted by molar-refractivity contribution is 6.04. The lowest BCUT2D eigenvalue weighted by Gasteiger charge is -2.29. The highest BCUT2D eigenvalue weighted by atomic mass is 16.5. The van der Waals surface area contributed by atoms with E-state index in [1.165, 1.54) is 0 Å². The van der Waals surface area contributed by atoms with E-state index in [9.17, 15) is 9.59 Å². The van der Waals surface area contributed by atoms with Crippen molar-refractivity contribution in [2.45, 2.75) is 26.7 Å². The van der Waals surface area contributed by atoms with E-state index >= 15 is 0 Å². The van der Waals surface area contributed by atoms with Gasteiger partial charge in [-0.2, -0.15) is 5.10 Å². The molecule has 0 atom stereocenters. The van der Waals surface area contributed by atoms with E-state index in [0.717, 1.165) is 11.3 Å². The Kier molecular flexibility index (Phi) is 5.84. The summed E-state index contributed by atoms with van der Waals surface area (Å²) in [7, 11) is 1.58. The first-order valence-electron chi connectivity index (χ1n) is 10.7. The normalized spacial score (nSPS) is 14.8. The molecule has 3 N–H and O–H groups in total. The van der Waals surface area contributed by atoms with Crippen LogP contribution < -0.4 is 11.1 Å². The molecule has 0 bridgehead atoms. The van der Waals surface area contributed by atoms with Crippen LogP contribution >= 0.6 is 0 Å². The van der Waals surface area contributed by atoms with Gasteiger partial charge in [0.05, 0.1) is 29.2 Å². The van der Waals surface area contributed by atoms with Gasteiger partial charge in [-0.15, -0.1) is 0 Å². The van der Waals surface area contributed by atoms with Crippen molar-refractivity contribution in [2.24, 2.45) is 5.41 Å². The summed E-state index contributed by atoms with van der Waals surface area (Å²) in [6, 6.07) is 14.9. The first-order valence-corrected chi connectivity index (χ1v) is 10.7. The monoisotopic (exact) mass is 432 g/mol. The van der Waals surface area contributed by atoms with E-state index in [4.69, 9.17) is 15.6 Å². The molecule has 32 heavy (non-hydrogen) atoms. The number of benzene rings is 2. The molecule has 1 aromatic heterocycles. The Bertz CT molecular complexity index is 1170.